The maximum atomic E-state index is 12.5. The van der Waals surface area contributed by atoms with Gasteiger partial charge in [-0.3, -0.25) is 4.79 Å². The normalized spacial score (nSPS) is 11.2. The monoisotopic (exact) mass is 310 g/mol. The second-order valence-electron chi connectivity index (χ2n) is 4.47. The van der Waals surface area contributed by atoms with E-state index < -0.39 is 16.0 Å². The van der Waals surface area contributed by atoms with Gasteiger partial charge in [-0.05, 0) is 31.5 Å². The van der Waals surface area contributed by atoms with E-state index in [9.17, 15) is 13.2 Å². The van der Waals surface area contributed by atoms with Crippen LogP contribution in [-0.4, -0.2) is 38.9 Å². The van der Waals surface area contributed by atoms with E-state index in [0.717, 1.165) is 4.31 Å². The van der Waals surface area contributed by atoms with E-state index >= 15 is 0 Å². The van der Waals surface area contributed by atoms with Gasteiger partial charge in [0.05, 0.1) is 29.6 Å². The molecule has 114 valence electrons. The summed E-state index contributed by atoms with van der Waals surface area (Å²) in [5.74, 6) is -0.443. The zero-order valence-electron chi connectivity index (χ0n) is 12.3. The van der Waals surface area contributed by atoms with E-state index in [0.29, 0.717) is 5.56 Å². The first kappa shape index (κ1) is 17.1. The predicted molar refractivity (Wildman–Crippen MR) is 77.0 cm³/mol. The second-order valence-corrected chi connectivity index (χ2v) is 6.49. The second kappa shape index (κ2) is 7.20. The van der Waals surface area contributed by atoms with Gasteiger partial charge in [0.15, 0.2) is 0 Å². The number of aryl methyl sites for hydroxylation is 1. The molecular formula is C14H18N2O4S. The van der Waals surface area contributed by atoms with Crippen molar-refractivity contribution in [3.05, 3.63) is 29.3 Å². The van der Waals surface area contributed by atoms with Crippen molar-refractivity contribution in [3.8, 4) is 6.07 Å². The Balaban J connectivity index is 2.95. The fourth-order valence-corrected chi connectivity index (χ4v) is 3.14. The van der Waals surface area contributed by atoms with Gasteiger partial charge in [-0.2, -0.15) is 5.26 Å². The molecule has 0 aliphatic rings. The molecule has 0 aliphatic carbocycles. The third-order valence-corrected chi connectivity index (χ3v) is 4.94. The number of nitrogens with zero attached hydrogens (tertiary/aromatic N) is 2. The van der Waals surface area contributed by atoms with Crippen LogP contribution in [0.15, 0.2) is 23.1 Å². The molecular weight excluding hydrogens is 292 g/mol. The highest BCUT2D eigenvalue weighted by Crippen LogP contribution is 2.20. The third kappa shape index (κ3) is 4.28. The Bertz CT molecular complexity index is 662. The fourth-order valence-electron chi connectivity index (χ4n) is 1.72. The van der Waals surface area contributed by atoms with Crippen LogP contribution in [0.2, 0.25) is 0 Å². The van der Waals surface area contributed by atoms with Gasteiger partial charge in [-0.1, -0.05) is 6.07 Å². The number of nitriles is 1. The highest BCUT2D eigenvalue weighted by atomic mass is 32.2. The minimum atomic E-state index is -3.74. The summed E-state index contributed by atoms with van der Waals surface area (Å²) in [7, 11) is -2.34. The van der Waals surface area contributed by atoms with E-state index in [1.165, 1.54) is 13.1 Å². The summed E-state index contributed by atoms with van der Waals surface area (Å²) < 4.78 is 30.8. The molecule has 0 bridgehead atoms. The molecule has 1 rings (SSSR count). The molecule has 1 aromatic carbocycles. The predicted octanol–water partition coefficient (Wildman–Crippen LogP) is 1.44. The van der Waals surface area contributed by atoms with Gasteiger partial charge in [0.2, 0.25) is 10.0 Å². The lowest BCUT2D eigenvalue weighted by Gasteiger charge is -2.18. The van der Waals surface area contributed by atoms with E-state index in [4.69, 9.17) is 10.00 Å². The number of ether oxygens (including phenoxy) is 1. The van der Waals surface area contributed by atoms with Crippen molar-refractivity contribution in [2.45, 2.75) is 25.2 Å². The van der Waals surface area contributed by atoms with Crippen molar-refractivity contribution in [3.63, 3.8) is 0 Å². The maximum Gasteiger partial charge on any atom is 0.307 e. The molecule has 0 aliphatic heterocycles. The smallest absolute Gasteiger partial charge is 0.307 e. The summed E-state index contributed by atoms with van der Waals surface area (Å²) >= 11 is 0. The van der Waals surface area contributed by atoms with Crippen LogP contribution in [0.3, 0.4) is 0 Å². The lowest BCUT2D eigenvalue weighted by molar-refractivity contribution is -0.143. The van der Waals surface area contributed by atoms with E-state index in [1.807, 2.05) is 6.07 Å². The number of rotatable bonds is 6. The molecule has 0 radical (unpaired) electrons. The van der Waals surface area contributed by atoms with E-state index in [2.05, 4.69) is 0 Å². The molecule has 0 N–H and O–H groups in total. The van der Waals surface area contributed by atoms with Crippen molar-refractivity contribution in [1.82, 2.24) is 4.31 Å². The molecule has 0 aromatic heterocycles. The number of carbonyl (C=O) groups excluding carboxylic acids is 1. The Morgan fingerprint density at radius 1 is 1.43 bits per heavy atom. The molecule has 7 heteroatoms. The molecule has 0 spiro atoms. The van der Waals surface area contributed by atoms with Gasteiger partial charge in [-0.25, -0.2) is 12.7 Å². The first-order valence-electron chi connectivity index (χ1n) is 6.45. The zero-order chi connectivity index (χ0) is 16.0. The largest absolute Gasteiger partial charge is 0.466 e. The van der Waals surface area contributed by atoms with Crippen molar-refractivity contribution in [2.24, 2.45) is 0 Å². The molecule has 0 saturated carbocycles. The lowest BCUT2D eigenvalue weighted by Crippen LogP contribution is -2.30. The number of hydrogen-bond acceptors (Lipinski definition) is 5. The van der Waals surface area contributed by atoms with Gasteiger partial charge >= 0.3 is 5.97 Å². The summed E-state index contributed by atoms with van der Waals surface area (Å²) in [5, 5.41) is 8.87. The summed E-state index contributed by atoms with van der Waals surface area (Å²) in [5.41, 5.74) is 0.829. The summed E-state index contributed by atoms with van der Waals surface area (Å²) in [4.78, 5) is 11.4. The Kier molecular flexibility index (Phi) is 5.88. The highest BCUT2D eigenvalue weighted by molar-refractivity contribution is 7.89. The van der Waals surface area contributed by atoms with E-state index in [1.54, 1.807) is 26.0 Å². The molecule has 0 atom stereocenters. The number of sulfonamides is 1. The van der Waals surface area contributed by atoms with Gasteiger partial charge in [-0.15, -0.1) is 0 Å². The number of benzene rings is 1. The number of carbonyl (C=O) groups is 1. The molecule has 1 aromatic rings. The maximum absolute atomic E-state index is 12.5. The van der Waals surface area contributed by atoms with Crippen LogP contribution in [0, 0.1) is 18.3 Å². The molecule has 0 amide bonds. The van der Waals surface area contributed by atoms with Gasteiger partial charge in [0, 0.05) is 13.6 Å². The SMILES string of the molecule is CCOC(=O)CCN(C)S(=O)(=O)c1cc(C#N)ccc1C. The highest BCUT2D eigenvalue weighted by Gasteiger charge is 2.23. The van der Waals surface area contributed by atoms with E-state index in [-0.39, 0.29) is 30.0 Å². The number of esters is 1. The topological polar surface area (TPSA) is 87.5 Å². The molecule has 0 unspecified atom stereocenters. The number of hydrogen-bond donors (Lipinski definition) is 0. The standard InChI is InChI=1S/C14H18N2O4S/c1-4-20-14(17)7-8-16(3)21(18,19)13-9-12(10-15)6-5-11(13)2/h5-6,9H,4,7-8H2,1-3H3. The van der Waals surface area contributed by atoms with Crippen LogP contribution in [0.4, 0.5) is 0 Å². The fraction of sp³-hybridized carbons (Fsp3) is 0.429. The zero-order valence-corrected chi connectivity index (χ0v) is 13.1. The van der Waals surface area contributed by atoms with Crippen LogP contribution >= 0.6 is 0 Å². The Morgan fingerprint density at radius 2 is 2.10 bits per heavy atom. The Hall–Kier alpha value is -1.91. The van der Waals surface area contributed by atoms with Crippen molar-refractivity contribution >= 4 is 16.0 Å². The summed E-state index contributed by atoms with van der Waals surface area (Å²) in [6.07, 6.45) is -0.0133. The van der Waals surface area contributed by atoms with Crippen LogP contribution in [0.25, 0.3) is 0 Å². The van der Waals surface area contributed by atoms with Gasteiger partial charge in [0.25, 0.3) is 0 Å². The quantitative estimate of drug-likeness (QED) is 0.742. The van der Waals surface area contributed by atoms with Gasteiger partial charge < -0.3 is 4.74 Å². The molecule has 21 heavy (non-hydrogen) atoms. The Morgan fingerprint density at radius 3 is 2.67 bits per heavy atom. The van der Waals surface area contributed by atoms with Crippen molar-refractivity contribution < 1.29 is 17.9 Å². The van der Waals surface area contributed by atoms with Crippen molar-refractivity contribution in [2.75, 3.05) is 20.2 Å². The molecule has 6 nitrogen and oxygen atoms in total. The minimum absolute atomic E-state index is 0.0133. The van der Waals surface area contributed by atoms with Crippen LogP contribution in [0.1, 0.15) is 24.5 Å². The molecule has 0 fully saturated rings. The Labute approximate surface area is 125 Å². The first-order chi connectivity index (χ1) is 9.82. The van der Waals surface area contributed by atoms with Gasteiger partial charge in [0.1, 0.15) is 0 Å². The van der Waals surface area contributed by atoms with Crippen LogP contribution < -0.4 is 0 Å². The molecule has 0 heterocycles. The third-order valence-electron chi connectivity index (χ3n) is 2.94. The summed E-state index contributed by atoms with van der Waals surface area (Å²) in [6, 6.07) is 6.40. The van der Waals surface area contributed by atoms with Crippen molar-refractivity contribution in [1.29, 1.82) is 5.26 Å². The average molecular weight is 310 g/mol. The van der Waals surface area contributed by atoms with Crippen LogP contribution in [0.5, 0.6) is 0 Å². The minimum Gasteiger partial charge on any atom is -0.466 e. The van der Waals surface area contributed by atoms with Crippen LogP contribution in [-0.2, 0) is 19.6 Å². The lowest BCUT2D eigenvalue weighted by atomic mass is 10.2. The summed E-state index contributed by atoms with van der Waals surface area (Å²) in [6.45, 7) is 3.64. The average Bonchev–Trinajstić information content (AvgIpc) is 2.45. The molecule has 0 saturated heterocycles. The first-order valence-corrected chi connectivity index (χ1v) is 7.89.